The highest BCUT2D eigenvalue weighted by Gasteiger charge is 2.25. The molecule has 0 fully saturated rings. The number of amides is 1. The average molecular weight is 433 g/mol. The van der Waals surface area contributed by atoms with Gasteiger partial charge < -0.3 is 15.0 Å². The molecular weight excluding hydrogens is 407 g/mol. The van der Waals surface area contributed by atoms with Crippen LogP contribution in [0, 0.1) is 5.82 Å². The van der Waals surface area contributed by atoms with E-state index in [-0.39, 0.29) is 5.82 Å². The summed E-state index contributed by atoms with van der Waals surface area (Å²) in [5, 5.41) is 3.51. The van der Waals surface area contributed by atoms with Crippen molar-refractivity contribution in [3.8, 4) is 11.1 Å². The lowest BCUT2D eigenvalue weighted by atomic mass is 10.0. The number of ether oxygens (including phenoxy) is 1. The fraction of sp³-hybridized carbons (Fsp3) is 0.364. The first-order chi connectivity index (χ1) is 14.2. The molecule has 2 aromatic carbocycles. The molecule has 0 aliphatic heterocycles. The van der Waals surface area contributed by atoms with Crippen LogP contribution in [0.3, 0.4) is 0 Å². The molecule has 0 bridgehead atoms. The van der Waals surface area contributed by atoms with Crippen molar-refractivity contribution in [2.45, 2.75) is 39.4 Å². The Bertz CT molecular complexity index is 1060. The van der Waals surface area contributed by atoms with Gasteiger partial charge in [0.2, 0.25) is 5.91 Å². The van der Waals surface area contributed by atoms with Gasteiger partial charge >= 0.3 is 0 Å². The number of hydrogen-bond acceptors (Lipinski definition) is 4. The van der Waals surface area contributed by atoms with Crippen LogP contribution in [0.5, 0.6) is 0 Å². The first-order valence-corrected chi connectivity index (χ1v) is 10.2. The summed E-state index contributed by atoms with van der Waals surface area (Å²) in [5.41, 5.74) is 7.92. The number of nitrogens with two attached hydrogens (primary N) is 1. The monoisotopic (exact) mass is 432 g/mol. The second-order valence-electron chi connectivity index (χ2n) is 7.55. The highest BCUT2D eigenvalue weighted by atomic mass is 35.5. The number of primary amides is 1. The Labute approximate surface area is 180 Å². The molecule has 3 aromatic rings. The van der Waals surface area contributed by atoms with Crippen molar-refractivity contribution in [1.82, 2.24) is 14.9 Å². The maximum atomic E-state index is 13.4. The second kappa shape index (κ2) is 9.12. The van der Waals surface area contributed by atoms with Gasteiger partial charge in [0.1, 0.15) is 11.6 Å². The largest absolute Gasteiger partial charge is 0.380 e. The molecule has 3 N–H and O–H groups in total. The SMILES string of the molecule is CCOCCn1c(CNC(C)(C)C(N)=O)nc2ccc(-c3ccc(F)cc3Cl)cc21. The van der Waals surface area contributed by atoms with Gasteiger partial charge in [0.15, 0.2) is 0 Å². The molecule has 0 radical (unpaired) electrons. The number of aromatic nitrogens is 2. The molecule has 30 heavy (non-hydrogen) atoms. The van der Waals surface area contributed by atoms with Gasteiger partial charge in [-0.3, -0.25) is 10.1 Å². The number of benzene rings is 2. The summed E-state index contributed by atoms with van der Waals surface area (Å²) in [6.45, 7) is 7.51. The smallest absolute Gasteiger partial charge is 0.237 e. The molecule has 0 aliphatic rings. The molecule has 0 saturated carbocycles. The molecule has 3 rings (SSSR count). The highest BCUT2D eigenvalue weighted by molar-refractivity contribution is 6.33. The number of halogens is 2. The summed E-state index contributed by atoms with van der Waals surface area (Å²) >= 11 is 6.26. The molecule has 0 saturated heterocycles. The zero-order valence-electron chi connectivity index (χ0n) is 17.3. The number of carbonyl (C=O) groups is 1. The Kier molecular flexibility index (Phi) is 6.75. The average Bonchev–Trinajstić information content (AvgIpc) is 3.03. The third-order valence-electron chi connectivity index (χ3n) is 5.04. The van der Waals surface area contributed by atoms with Gasteiger partial charge in [0.05, 0.1) is 34.7 Å². The lowest BCUT2D eigenvalue weighted by molar-refractivity contribution is -0.123. The maximum absolute atomic E-state index is 13.4. The predicted molar refractivity (Wildman–Crippen MR) is 117 cm³/mol. The van der Waals surface area contributed by atoms with E-state index >= 15 is 0 Å². The van der Waals surface area contributed by atoms with Crippen molar-refractivity contribution in [3.63, 3.8) is 0 Å². The summed E-state index contributed by atoms with van der Waals surface area (Å²) in [6.07, 6.45) is 0. The third-order valence-corrected chi connectivity index (χ3v) is 5.35. The standard InChI is InChI=1S/C22H26ClFN4O2/c1-4-30-10-9-28-19-11-14(16-7-6-15(24)12-17(16)23)5-8-18(19)27-20(28)13-26-22(2,3)21(25)29/h5-8,11-12,26H,4,9-10,13H2,1-3H3,(H2,25,29). The van der Waals surface area contributed by atoms with Gasteiger partial charge in [0, 0.05) is 18.7 Å². The Morgan fingerprint density at radius 2 is 2.07 bits per heavy atom. The number of carbonyl (C=O) groups excluding carboxylic acids is 1. The van der Waals surface area contributed by atoms with Gasteiger partial charge in [-0.15, -0.1) is 0 Å². The summed E-state index contributed by atoms with van der Waals surface area (Å²) in [7, 11) is 0. The molecule has 6 nitrogen and oxygen atoms in total. The third kappa shape index (κ3) is 4.80. The fourth-order valence-electron chi connectivity index (χ4n) is 3.14. The van der Waals surface area contributed by atoms with Crippen LogP contribution in [0.25, 0.3) is 22.2 Å². The van der Waals surface area contributed by atoms with Crippen molar-refractivity contribution < 1.29 is 13.9 Å². The van der Waals surface area contributed by atoms with Crippen molar-refractivity contribution in [3.05, 3.63) is 53.1 Å². The summed E-state index contributed by atoms with van der Waals surface area (Å²) < 4.78 is 21.0. The van der Waals surface area contributed by atoms with Crippen molar-refractivity contribution in [1.29, 1.82) is 0 Å². The number of rotatable bonds is 9. The van der Waals surface area contributed by atoms with Crippen molar-refractivity contribution in [2.24, 2.45) is 5.73 Å². The topological polar surface area (TPSA) is 82.2 Å². The van der Waals surface area contributed by atoms with Crippen LogP contribution >= 0.6 is 11.6 Å². The van der Waals surface area contributed by atoms with Crippen molar-refractivity contribution in [2.75, 3.05) is 13.2 Å². The van der Waals surface area contributed by atoms with Crippen molar-refractivity contribution >= 4 is 28.5 Å². The van der Waals surface area contributed by atoms with E-state index < -0.39 is 11.4 Å². The minimum Gasteiger partial charge on any atom is -0.380 e. The first-order valence-electron chi connectivity index (χ1n) is 9.80. The molecular formula is C22H26ClFN4O2. The Balaban J connectivity index is 2.01. The molecule has 0 spiro atoms. The number of nitrogens with one attached hydrogen (secondary N) is 1. The minimum atomic E-state index is -0.865. The summed E-state index contributed by atoms with van der Waals surface area (Å²) in [5.74, 6) is -0.0499. The van der Waals surface area contributed by atoms with E-state index in [1.54, 1.807) is 19.9 Å². The molecule has 0 atom stereocenters. The van der Waals surface area contributed by atoms with Gasteiger partial charge in [-0.1, -0.05) is 17.7 Å². The Morgan fingerprint density at radius 1 is 1.30 bits per heavy atom. The summed E-state index contributed by atoms with van der Waals surface area (Å²) in [4.78, 5) is 16.4. The number of fused-ring (bicyclic) bond motifs is 1. The molecule has 8 heteroatoms. The van der Waals surface area contributed by atoms with Crippen LogP contribution in [0.1, 0.15) is 26.6 Å². The van der Waals surface area contributed by atoms with Gasteiger partial charge in [-0.25, -0.2) is 9.37 Å². The predicted octanol–water partition coefficient (Wildman–Crippen LogP) is 3.89. The fourth-order valence-corrected chi connectivity index (χ4v) is 3.41. The lowest BCUT2D eigenvalue weighted by Gasteiger charge is -2.22. The van der Waals surface area contributed by atoms with E-state index in [2.05, 4.69) is 9.88 Å². The quantitative estimate of drug-likeness (QED) is 0.502. The molecule has 0 aliphatic carbocycles. The van der Waals surface area contributed by atoms with E-state index in [4.69, 9.17) is 27.1 Å². The Hall–Kier alpha value is -2.48. The molecule has 1 aromatic heterocycles. The summed E-state index contributed by atoms with van der Waals surface area (Å²) in [6, 6.07) is 10.2. The second-order valence-corrected chi connectivity index (χ2v) is 7.95. The van der Waals surface area contributed by atoms with Crippen LogP contribution < -0.4 is 11.1 Å². The minimum absolute atomic E-state index is 0.347. The Morgan fingerprint density at radius 3 is 2.73 bits per heavy atom. The normalized spacial score (nSPS) is 11.9. The van der Waals surface area contributed by atoms with E-state index in [0.717, 1.165) is 28.0 Å². The van der Waals surface area contributed by atoms with Gasteiger partial charge in [0.25, 0.3) is 0 Å². The molecule has 1 heterocycles. The van der Waals surface area contributed by atoms with Crippen LogP contribution in [0.4, 0.5) is 4.39 Å². The number of hydrogen-bond donors (Lipinski definition) is 2. The van der Waals surface area contributed by atoms with Crippen LogP contribution in [-0.4, -0.2) is 34.2 Å². The van der Waals surface area contributed by atoms with Crippen LogP contribution in [0.2, 0.25) is 5.02 Å². The van der Waals surface area contributed by atoms with Gasteiger partial charge in [-0.05, 0) is 56.7 Å². The first kappa shape index (κ1) is 22.2. The maximum Gasteiger partial charge on any atom is 0.237 e. The van der Waals surface area contributed by atoms with E-state index in [0.29, 0.717) is 31.3 Å². The lowest BCUT2D eigenvalue weighted by Crippen LogP contribution is -2.50. The van der Waals surface area contributed by atoms with Gasteiger partial charge in [-0.2, -0.15) is 0 Å². The molecule has 1 amide bonds. The molecule has 0 unspecified atom stereocenters. The van der Waals surface area contributed by atoms with E-state index in [9.17, 15) is 9.18 Å². The highest BCUT2D eigenvalue weighted by Crippen LogP contribution is 2.31. The number of nitrogens with zero attached hydrogens (tertiary/aromatic N) is 2. The number of imidazole rings is 1. The van der Waals surface area contributed by atoms with E-state index in [1.165, 1.54) is 12.1 Å². The van der Waals surface area contributed by atoms with E-state index in [1.807, 2.05) is 25.1 Å². The zero-order chi connectivity index (χ0) is 21.9. The molecule has 160 valence electrons. The van der Waals surface area contributed by atoms with Crippen LogP contribution in [0.15, 0.2) is 36.4 Å². The zero-order valence-corrected chi connectivity index (χ0v) is 18.1. The van der Waals surface area contributed by atoms with Crippen LogP contribution in [-0.2, 0) is 22.6 Å².